The highest BCUT2D eigenvalue weighted by Gasteiger charge is 2.11. The van der Waals surface area contributed by atoms with Crippen LogP contribution in [0, 0.1) is 0 Å². The molecule has 19 heavy (non-hydrogen) atoms. The van der Waals surface area contributed by atoms with E-state index < -0.39 is 5.91 Å². The van der Waals surface area contributed by atoms with Crippen LogP contribution in [0.25, 0.3) is 0 Å². The van der Waals surface area contributed by atoms with Crippen molar-refractivity contribution in [3.63, 3.8) is 0 Å². The van der Waals surface area contributed by atoms with Gasteiger partial charge in [-0.05, 0) is 12.5 Å². The summed E-state index contributed by atoms with van der Waals surface area (Å²) in [5.41, 5.74) is 1.50. The standard InChI is InChI=1S/C11H13N5O2S/c1-2-3-6-16-9(17)5-4-8(15-16)10(18)13-11-14-12-7-19-11/h4-5,7H,2-3,6H2,1H3,(H,13,14,18). The van der Waals surface area contributed by atoms with Crippen LogP contribution in [-0.4, -0.2) is 25.9 Å². The molecule has 0 aliphatic rings. The van der Waals surface area contributed by atoms with Gasteiger partial charge in [0.1, 0.15) is 11.2 Å². The van der Waals surface area contributed by atoms with Crippen LogP contribution < -0.4 is 10.9 Å². The van der Waals surface area contributed by atoms with Gasteiger partial charge in [-0.2, -0.15) is 5.10 Å². The summed E-state index contributed by atoms with van der Waals surface area (Å²) in [5, 5.41) is 14.3. The summed E-state index contributed by atoms with van der Waals surface area (Å²) in [5.74, 6) is -0.401. The Hall–Kier alpha value is -2.09. The molecule has 2 heterocycles. The topological polar surface area (TPSA) is 89.8 Å². The minimum absolute atomic E-state index is 0.186. The maximum absolute atomic E-state index is 11.9. The van der Waals surface area contributed by atoms with Crippen LogP contribution in [0.3, 0.4) is 0 Å². The van der Waals surface area contributed by atoms with E-state index in [-0.39, 0.29) is 11.3 Å². The second-order valence-corrected chi connectivity index (χ2v) is 4.66. The van der Waals surface area contributed by atoms with Crippen LogP contribution in [0.4, 0.5) is 5.13 Å². The zero-order valence-corrected chi connectivity index (χ0v) is 11.2. The van der Waals surface area contributed by atoms with Crippen molar-refractivity contribution in [3.8, 4) is 0 Å². The molecule has 100 valence electrons. The number of amides is 1. The van der Waals surface area contributed by atoms with E-state index in [1.54, 1.807) is 0 Å². The van der Waals surface area contributed by atoms with Gasteiger partial charge < -0.3 is 0 Å². The first-order valence-electron chi connectivity index (χ1n) is 5.86. The van der Waals surface area contributed by atoms with Crippen molar-refractivity contribution in [1.29, 1.82) is 0 Å². The second kappa shape index (κ2) is 6.19. The van der Waals surface area contributed by atoms with E-state index in [0.717, 1.165) is 12.8 Å². The molecular weight excluding hydrogens is 266 g/mol. The van der Waals surface area contributed by atoms with E-state index in [9.17, 15) is 9.59 Å². The van der Waals surface area contributed by atoms with E-state index in [4.69, 9.17) is 0 Å². The highest BCUT2D eigenvalue weighted by atomic mass is 32.1. The molecule has 1 N–H and O–H groups in total. The first-order chi connectivity index (χ1) is 9.20. The van der Waals surface area contributed by atoms with Gasteiger partial charge in [-0.3, -0.25) is 14.9 Å². The fourth-order valence-corrected chi connectivity index (χ4v) is 1.87. The number of unbranched alkanes of at least 4 members (excludes halogenated alkanes) is 1. The lowest BCUT2D eigenvalue weighted by molar-refractivity contribution is 0.101. The molecule has 2 rings (SSSR count). The second-order valence-electron chi connectivity index (χ2n) is 3.83. The average Bonchev–Trinajstić information content (AvgIpc) is 2.90. The molecule has 0 atom stereocenters. The Bertz CT molecular complexity index is 608. The Morgan fingerprint density at radius 3 is 3.00 bits per heavy atom. The fourth-order valence-electron chi connectivity index (χ4n) is 1.43. The van der Waals surface area contributed by atoms with Gasteiger partial charge in [-0.1, -0.05) is 24.7 Å². The number of aromatic nitrogens is 4. The quantitative estimate of drug-likeness (QED) is 0.886. The minimum atomic E-state index is -0.401. The Morgan fingerprint density at radius 2 is 2.32 bits per heavy atom. The molecule has 7 nitrogen and oxygen atoms in total. The smallest absolute Gasteiger partial charge is 0.277 e. The lowest BCUT2D eigenvalue weighted by Gasteiger charge is -2.05. The van der Waals surface area contributed by atoms with E-state index in [2.05, 4.69) is 20.6 Å². The molecule has 0 unspecified atom stereocenters. The molecule has 0 fully saturated rings. The third-order valence-corrected chi connectivity index (χ3v) is 3.01. The zero-order valence-electron chi connectivity index (χ0n) is 10.4. The molecule has 0 aromatic carbocycles. The van der Waals surface area contributed by atoms with Gasteiger partial charge in [0.15, 0.2) is 0 Å². The molecule has 0 saturated carbocycles. The van der Waals surface area contributed by atoms with Crippen molar-refractivity contribution in [2.45, 2.75) is 26.3 Å². The molecule has 0 saturated heterocycles. The van der Waals surface area contributed by atoms with Crippen molar-refractivity contribution < 1.29 is 4.79 Å². The van der Waals surface area contributed by atoms with Crippen molar-refractivity contribution in [2.75, 3.05) is 5.32 Å². The Morgan fingerprint density at radius 1 is 1.47 bits per heavy atom. The van der Waals surface area contributed by atoms with Crippen LogP contribution in [0.1, 0.15) is 30.3 Å². The number of aryl methyl sites for hydroxylation is 1. The number of hydrogen-bond donors (Lipinski definition) is 1. The van der Waals surface area contributed by atoms with Gasteiger partial charge in [-0.25, -0.2) is 4.68 Å². The number of carbonyl (C=O) groups excluding carboxylic acids is 1. The van der Waals surface area contributed by atoms with Crippen molar-refractivity contribution in [1.82, 2.24) is 20.0 Å². The highest BCUT2D eigenvalue weighted by Crippen LogP contribution is 2.09. The SMILES string of the molecule is CCCCn1nc(C(=O)Nc2nncs2)ccc1=O. The molecule has 0 radical (unpaired) electrons. The zero-order chi connectivity index (χ0) is 13.7. The molecule has 1 amide bonds. The molecule has 0 aliphatic carbocycles. The first kappa shape index (κ1) is 13.3. The summed E-state index contributed by atoms with van der Waals surface area (Å²) < 4.78 is 1.30. The lowest BCUT2D eigenvalue weighted by atomic mass is 10.3. The Kier molecular flexibility index (Phi) is 4.35. The molecule has 0 bridgehead atoms. The predicted molar refractivity (Wildman–Crippen MR) is 71.3 cm³/mol. The summed E-state index contributed by atoms with van der Waals surface area (Å²) in [6.07, 6.45) is 1.80. The summed E-state index contributed by atoms with van der Waals surface area (Å²) >= 11 is 1.22. The molecule has 0 aliphatic heterocycles. The first-order valence-corrected chi connectivity index (χ1v) is 6.74. The third kappa shape index (κ3) is 3.44. The normalized spacial score (nSPS) is 10.4. The number of nitrogens with zero attached hydrogens (tertiary/aromatic N) is 4. The van der Waals surface area contributed by atoms with Gasteiger partial charge in [0.05, 0.1) is 0 Å². The maximum Gasteiger partial charge on any atom is 0.277 e. The van der Waals surface area contributed by atoms with Crippen molar-refractivity contribution in [3.05, 3.63) is 33.7 Å². The summed E-state index contributed by atoms with van der Waals surface area (Å²) in [7, 11) is 0. The number of hydrogen-bond acceptors (Lipinski definition) is 6. The van der Waals surface area contributed by atoms with Crippen molar-refractivity contribution in [2.24, 2.45) is 0 Å². The van der Waals surface area contributed by atoms with Gasteiger partial charge in [0.2, 0.25) is 5.13 Å². The highest BCUT2D eigenvalue weighted by molar-refractivity contribution is 7.13. The molecule has 8 heteroatoms. The number of anilines is 1. The molecule has 0 spiro atoms. The summed E-state index contributed by atoms with van der Waals surface area (Å²) in [4.78, 5) is 23.5. The van der Waals surface area contributed by atoms with E-state index in [1.807, 2.05) is 6.92 Å². The van der Waals surface area contributed by atoms with Gasteiger partial charge >= 0.3 is 0 Å². The van der Waals surface area contributed by atoms with Crippen LogP contribution >= 0.6 is 11.3 Å². The number of carbonyl (C=O) groups is 1. The average molecular weight is 279 g/mol. The molecular formula is C11H13N5O2S. The van der Waals surface area contributed by atoms with Crippen LogP contribution in [0.2, 0.25) is 0 Å². The lowest BCUT2D eigenvalue weighted by Crippen LogP contribution is -2.26. The molecule has 2 aromatic heterocycles. The monoisotopic (exact) mass is 279 g/mol. The number of nitrogens with one attached hydrogen (secondary N) is 1. The Balaban J connectivity index is 2.15. The van der Waals surface area contributed by atoms with E-state index in [1.165, 1.54) is 33.7 Å². The van der Waals surface area contributed by atoms with Gasteiger partial charge in [-0.15, -0.1) is 10.2 Å². The van der Waals surface area contributed by atoms with Crippen LogP contribution in [0.15, 0.2) is 22.4 Å². The maximum atomic E-state index is 11.9. The summed E-state index contributed by atoms with van der Waals surface area (Å²) in [6.45, 7) is 2.53. The number of rotatable bonds is 5. The van der Waals surface area contributed by atoms with Crippen LogP contribution in [-0.2, 0) is 6.54 Å². The van der Waals surface area contributed by atoms with Crippen LogP contribution in [0.5, 0.6) is 0 Å². The van der Waals surface area contributed by atoms with Gasteiger partial charge in [0.25, 0.3) is 11.5 Å². The van der Waals surface area contributed by atoms with E-state index in [0.29, 0.717) is 11.7 Å². The van der Waals surface area contributed by atoms with Gasteiger partial charge in [0, 0.05) is 12.6 Å². The molecule has 2 aromatic rings. The van der Waals surface area contributed by atoms with Crippen molar-refractivity contribution >= 4 is 22.4 Å². The predicted octanol–water partition coefficient (Wildman–Crippen LogP) is 1.15. The fraction of sp³-hybridized carbons (Fsp3) is 0.364. The Labute approximate surface area is 113 Å². The third-order valence-electron chi connectivity index (χ3n) is 2.40. The minimum Gasteiger partial charge on any atom is -0.295 e. The van der Waals surface area contributed by atoms with E-state index >= 15 is 0 Å². The summed E-state index contributed by atoms with van der Waals surface area (Å²) in [6, 6.07) is 2.75. The largest absolute Gasteiger partial charge is 0.295 e.